The van der Waals surface area contributed by atoms with E-state index < -0.39 is 0 Å². The molecule has 0 atom stereocenters. The van der Waals surface area contributed by atoms with Crippen molar-refractivity contribution in [2.24, 2.45) is 0 Å². The van der Waals surface area contributed by atoms with Gasteiger partial charge in [0.15, 0.2) is 0 Å². The monoisotopic (exact) mass is 359 g/mol. The fourth-order valence-corrected chi connectivity index (χ4v) is 3.95. The first-order valence-corrected chi connectivity index (χ1v) is 9.57. The molecule has 0 bridgehead atoms. The summed E-state index contributed by atoms with van der Waals surface area (Å²) in [4.78, 5) is 0. The summed E-state index contributed by atoms with van der Waals surface area (Å²) >= 11 is 0. The maximum atomic E-state index is 4.11. The van der Waals surface area contributed by atoms with Gasteiger partial charge in [-0.1, -0.05) is 78.9 Å². The third-order valence-electron chi connectivity index (χ3n) is 5.40. The Balaban J connectivity index is 1.73. The summed E-state index contributed by atoms with van der Waals surface area (Å²) in [6.07, 6.45) is 0. The van der Waals surface area contributed by atoms with E-state index in [4.69, 9.17) is 0 Å². The van der Waals surface area contributed by atoms with E-state index in [9.17, 15) is 0 Å². The number of allylic oxidation sites excluding steroid dienone is 1. The van der Waals surface area contributed by atoms with E-state index in [0.717, 1.165) is 5.57 Å². The second kappa shape index (κ2) is 6.54. The van der Waals surface area contributed by atoms with Gasteiger partial charge in [0.05, 0.1) is 11.0 Å². The number of benzene rings is 4. The van der Waals surface area contributed by atoms with Crippen LogP contribution >= 0.6 is 0 Å². The Hall–Kier alpha value is -3.58. The SMILES string of the molecule is C=C(C)c1ccc2c(c1)c1ccccc1n2-c1ccc(-c2ccccc2)cc1. The van der Waals surface area contributed by atoms with E-state index >= 15 is 0 Å². The summed E-state index contributed by atoms with van der Waals surface area (Å²) in [6.45, 7) is 6.17. The average molecular weight is 359 g/mol. The Kier molecular flexibility index (Phi) is 3.87. The number of para-hydroxylation sites is 1. The number of hydrogen-bond donors (Lipinski definition) is 0. The van der Waals surface area contributed by atoms with Crippen molar-refractivity contribution < 1.29 is 0 Å². The van der Waals surface area contributed by atoms with Gasteiger partial charge in [0.1, 0.15) is 0 Å². The first-order valence-electron chi connectivity index (χ1n) is 9.57. The molecule has 5 rings (SSSR count). The van der Waals surface area contributed by atoms with Crippen LogP contribution in [0.1, 0.15) is 12.5 Å². The van der Waals surface area contributed by atoms with Crippen molar-refractivity contribution in [3.8, 4) is 16.8 Å². The molecule has 0 aliphatic carbocycles. The number of aromatic nitrogens is 1. The fraction of sp³-hybridized carbons (Fsp3) is 0.0370. The third kappa shape index (κ3) is 2.64. The molecule has 0 unspecified atom stereocenters. The molecule has 1 heteroatoms. The molecular weight excluding hydrogens is 338 g/mol. The first kappa shape index (κ1) is 16.6. The molecule has 28 heavy (non-hydrogen) atoms. The van der Waals surface area contributed by atoms with Gasteiger partial charge in [-0.2, -0.15) is 0 Å². The van der Waals surface area contributed by atoms with Gasteiger partial charge in [0.25, 0.3) is 0 Å². The molecule has 1 heterocycles. The molecule has 5 aromatic rings. The molecular formula is C27H21N. The Bertz CT molecular complexity index is 1310. The highest BCUT2D eigenvalue weighted by atomic mass is 15.0. The average Bonchev–Trinajstić information content (AvgIpc) is 3.08. The zero-order valence-electron chi connectivity index (χ0n) is 15.9. The third-order valence-corrected chi connectivity index (χ3v) is 5.40. The highest BCUT2D eigenvalue weighted by Crippen LogP contribution is 2.34. The molecule has 0 spiro atoms. The lowest BCUT2D eigenvalue weighted by Crippen LogP contribution is -1.93. The van der Waals surface area contributed by atoms with Crippen LogP contribution < -0.4 is 0 Å². The van der Waals surface area contributed by atoms with Gasteiger partial charge < -0.3 is 4.57 Å². The second-order valence-corrected chi connectivity index (χ2v) is 7.28. The van der Waals surface area contributed by atoms with Crippen LogP contribution in [-0.4, -0.2) is 4.57 Å². The second-order valence-electron chi connectivity index (χ2n) is 7.28. The Morgan fingerprint density at radius 1 is 0.643 bits per heavy atom. The van der Waals surface area contributed by atoms with Crippen molar-refractivity contribution in [3.05, 3.63) is 109 Å². The van der Waals surface area contributed by atoms with Gasteiger partial charge in [-0.05, 0) is 53.9 Å². The summed E-state index contributed by atoms with van der Waals surface area (Å²) in [7, 11) is 0. The van der Waals surface area contributed by atoms with E-state index in [1.165, 1.54) is 44.2 Å². The van der Waals surface area contributed by atoms with Crippen molar-refractivity contribution in [2.75, 3.05) is 0 Å². The minimum absolute atomic E-state index is 1.09. The Morgan fingerprint density at radius 2 is 1.29 bits per heavy atom. The molecule has 1 nitrogen and oxygen atoms in total. The van der Waals surface area contributed by atoms with Gasteiger partial charge in [-0.3, -0.25) is 0 Å². The normalized spacial score (nSPS) is 11.2. The zero-order chi connectivity index (χ0) is 19.1. The van der Waals surface area contributed by atoms with Crippen LogP contribution in [0.5, 0.6) is 0 Å². The Morgan fingerprint density at radius 3 is 2.04 bits per heavy atom. The summed E-state index contributed by atoms with van der Waals surface area (Å²) in [5.74, 6) is 0. The Labute approximate surface area is 165 Å². The molecule has 0 fully saturated rings. The standard InChI is InChI=1S/C27H21N/c1-19(2)22-14-17-27-25(18-22)24-10-6-7-11-26(24)28(27)23-15-12-21(13-16-23)20-8-4-3-5-9-20/h3-18H,1H2,2H3. The van der Waals surface area contributed by atoms with Gasteiger partial charge >= 0.3 is 0 Å². The quantitative estimate of drug-likeness (QED) is 0.314. The van der Waals surface area contributed by atoms with Gasteiger partial charge in [0.2, 0.25) is 0 Å². The van der Waals surface area contributed by atoms with Crippen molar-refractivity contribution in [2.45, 2.75) is 6.92 Å². The zero-order valence-corrected chi connectivity index (χ0v) is 15.9. The number of nitrogens with zero attached hydrogens (tertiary/aromatic N) is 1. The molecule has 0 aliphatic rings. The van der Waals surface area contributed by atoms with Crippen LogP contribution in [0.4, 0.5) is 0 Å². The van der Waals surface area contributed by atoms with Crippen LogP contribution in [0.2, 0.25) is 0 Å². The lowest BCUT2D eigenvalue weighted by molar-refractivity contribution is 1.18. The van der Waals surface area contributed by atoms with Crippen LogP contribution in [0.15, 0.2) is 104 Å². The summed E-state index contributed by atoms with van der Waals surface area (Å²) in [6, 6.07) is 34.6. The number of fused-ring (bicyclic) bond motifs is 3. The van der Waals surface area contributed by atoms with E-state index in [-0.39, 0.29) is 0 Å². The summed E-state index contributed by atoms with van der Waals surface area (Å²) in [5, 5.41) is 2.54. The van der Waals surface area contributed by atoms with Gasteiger partial charge in [-0.15, -0.1) is 0 Å². The van der Waals surface area contributed by atoms with Crippen LogP contribution in [0.3, 0.4) is 0 Å². The summed E-state index contributed by atoms with van der Waals surface area (Å²) < 4.78 is 2.35. The summed E-state index contributed by atoms with van der Waals surface area (Å²) in [5.41, 5.74) is 8.37. The van der Waals surface area contributed by atoms with E-state index in [2.05, 4.69) is 115 Å². The predicted molar refractivity (Wildman–Crippen MR) is 121 cm³/mol. The smallest absolute Gasteiger partial charge is 0.0541 e. The van der Waals surface area contributed by atoms with Crippen LogP contribution in [0.25, 0.3) is 44.2 Å². The maximum Gasteiger partial charge on any atom is 0.0541 e. The molecule has 1 aromatic heterocycles. The number of rotatable bonds is 3. The molecule has 134 valence electrons. The first-order chi connectivity index (χ1) is 13.7. The molecule has 0 aliphatic heterocycles. The van der Waals surface area contributed by atoms with Gasteiger partial charge in [-0.25, -0.2) is 0 Å². The van der Waals surface area contributed by atoms with E-state index in [0.29, 0.717) is 0 Å². The predicted octanol–water partition coefficient (Wildman–Crippen LogP) is 7.48. The highest BCUT2D eigenvalue weighted by Gasteiger charge is 2.12. The molecule has 0 N–H and O–H groups in total. The van der Waals surface area contributed by atoms with Crippen molar-refractivity contribution in [1.82, 2.24) is 4.57 Å². The lowest BCUT2D eigenvalue weighted by Gasteiger charge is -2.10. The maximum absolute atomic E-state index is 4.11. The lowest BCUT2D eigenvalue weighted by atomic mass is 10.0. The minimum atomic E-state index is 1.09. The van der Waals surface area contributed by atoms with Crippen molar-refractivity contribution >= 4 is 27.4 Å². The molecule has 0 radical (unpaired) electrons. The van der Waals surface area contributed by atoms with Gasteiger partial charge in [0, 0.05) is 16.5 Å². The largest absolute Gasteiger partial charge is 0.309 e. The van der Waals surface area contributed by atoms with Crippen LogP contribution in [0, 0.1) is 0 Å². The topological polar surface area (TPSA) is 4.93 Å². The molecule has 0 saturated carbocycles. The van der Waals surface area contributed by atoms with E-state index in [1.54, 1.807) is 0 Å². The molecule has 4 aromatic carbocycles. The minimum Gasteiger partial charge on any atom is -0.309 e. The van der Waals surface area contributed by atoms with Crippen molar-refractivity contribution in [1.29, 1.82) is 0 Å². The highest BCUT2D eigenvalue weighted by molar-refractivity contribution is 6.10. The van der Waals surface area contributed by atoms with E-state index in [1.807, 2.05) is 0 Å². The molecule has 0 saturated heterocycles. The molecule has 0 amide bonds. The van der Waals surface area contributed by atoms with Crippen LogP contribution in [-0.2, 0) is 0 Å². The fourth-order valence-electron chi connectivity index (χ4n) is 3.95. The number of hydrogen-bond acceptors (Lipinski definition) is 0. The van der Waals surface area contributed by atoms with Crippen molar-refractivity contribution in [3.63, 3.8) is 0 Å².